The van der Waals surface area contributed by atoms with E-state index < -0.39 is 11.0 Å². The van der Waals surface area contributed by atoms with Crippen molar-refractivity contribution in [2.45, 2.75) is 6.42 Å². The first kappa shape index (κ1) is 16.9. The van der Waals surface area contributed by atoms with E-state index in [1.165, 1.54) is 31.4 Å². The number of nitro benzene ring substituents is 1. The maximum atomic E-state index is 11.8. The van der Waals surface area contributed by atoms with Gasteiger partial charge in [-0.1, -0.05) is 12.1 Å². The lowest BCUT2D eigenvalue weighted by molar-refractivity contribution is -0.384. The van der Waals surface area contributed by atoms with E-state index in [-0.39, 0.29) is 23.8 Å². The zero-order valence-corrected chi connectivity index (χ0v) is 12.7. The van der Waals surface area contributed by atoms with E-state index in [0.717, 1.165) is 0 Å². The Bertz CT molecular complexity index is 757. The highest BCUT2D eigenvalue weighted by molar-refractivity contribution is 5.86. The number of nitrogens with one attached hydrogen (secondary N) is 1. The standard InChI is InChI=1S/C16H14N2O6/c1-23-15(19)10-11-3-2-4-12(9-11)17-16(20)24-14-7-5-13(6-8-14)18(21)22/h2-9H,10H2,1H3,(H,17,20). The van der Waals surface area contributed by atoms with E-state index >= 15 is 0 Å². The molecule has 2 aromatic rings. The Kier molecular flexibility index (Phi) is 5.45. The highest BCUT2D eigenvalue weighted by Crippen LogP contribution is 2.18. The van der Waals surface area contributed by atoms with Crippen LogP contribution in [0.5, 0.6) is 5.75 Å². The van der Waals surface area contributed by atoms with Gasteiger partial charge >= 0.3 is 12.1 Å². The predicted octanol–water partition coefficient (Wildman–Crippen LogP) is 2.92. The molecule has 0 heterocycles. The number of nitro groups is 1. The van der Waals surface area contributed by atoms with Gasteiger partial charge in [0.25, 0.3) is 5.69 Å². The molecule has 1 amide bonds. The van der Waals surface area contributed by atoms with Crippen LogP contribution in [0.1, 0.15) is 5.56 Å². The van der Waals surface area contributed by atoms with Crippen LogP contribution < -0.4 is 10.1 Å². The second kappa shape index (κ2) is 7.73. The van der Waals surface area contributed by atoms with E-state index in [0.29, 0.717) is 11.3 Å². The molecule has 0 unspecified atom stereocenters. The zero-order valence-electron chi connectivity index (χ0n) is 12.7. The third kappa shape index (κ3) is 4.80. The molecule has 8 nitrogen and oxygen atoms in total. The molecule has 0 spiro atoms. The van der Waals surface area contributed by atoms with Gasteiger partial charge in [-0.05, 0) is 29.8 Å². The highest BCUT2D eigenvalue weighted by Gasteiger charge is 2.09. The predicted molar refractivity (Wildman–Crippen MR) is 84.9 cm³/mol. The van der Waals surface area contributed by atoms with Crippen molar-refractivity contribution in [2.24, 2.45) is 0 Å². The Morgan fingerprint density at radius 3 is 2.50 bits per heavy atom. The molecule has 0 atom stereocenters. The summed E-state index contributed by atoms with van der Waals surface area (Å²) >= 11 is 0. The topological polar surface area (TPSA) is 108 Å². The number of hydrogen-bond donors (Lipinski definition) is 1. The number of amides is 1. The second-order valence-corrected chi connectivity index (χ2v) is 4.72. The molecule has 2 rings (SSSR count). The highest BCUT2D eigenvalue weighted by atomic mass is 16.6. The lowest BCUT2D eigenvalue weighted by Gasteiger charge is -2.08. The number of ether oxygens (including phenoxy) is 2. The number of nitrogens with zero attached hydrogens (tertiary/aromatic N) is 1. The number of carbonyl (C=O) groups is 2. The Morgan fingerprint density at radius 2 is 1.88 bits per heavy atom. The Labute approximate surface area is 137 Å². The van der Waals surface area contributed by atoms with Gasteiger partial charge in [-0.15, -0.1) is 0 Å². The average molecular weight is 330 g/mol. The summed E-state index contributed by atoms with van der Waals surface area (Å²) < 4.78 is 9.61. The third-order valence-electron chi connectivity index (χ3n) is 3.01. The van der Waals surface area contributed by atoms with Crippen molar-refractivity contribution in [2.75, 3.05) is 12.4 Å². The number of rotatable bonds is 5. The summed E-state index contributed by atoms with van der Waals surface area (Å²) in [4.78, 5) is 33.1. The molecule has 0 saturated carbocycles. The van der Waals surface area contributed by atoms with Crippen molar-refractivity contribution in [3.63, 3.8) is 0 Å². The molecule has 1 N–H and O–H groups in total. The van der Waals surface area contributed by atoms with Crippen LogP contribution in [0, 0.1) is 10.1 Å². The van der Waals surface area contributed by atoms with Crippen LogP contribution in [-0.4, -0.2) is 24.1 Å². The summed E-state index contributed by atoms with van der Waals surface area (Å²) in [5, 5.41) is 13.1. The minimum absolute atomic E-state index is 0.0867. The summed E-state index contributed by atoms with van der Waals surface area (Å²) in [6.45, 7) is 0. The van der Waals surface area contributed by atoms with Gasteiger partial charge in [-0.2, -0.15) is 0 Å². The maximum absolute atomic E-state index is 11.8. The molecule has 0 aromatic heterocycles. The molecule has 0 aliphatic carbocycles. The number of benzene rings is 2. The molecule has 0 fully saturated rings. The van der Waals surface area contributed by atoms with E-state index in [9.17, 15) is 19.7 Å². The number of methoxy groups -OCH3 is 1. The number of esters is 1. The minimum Gasteiger partial charge on any atom is -0.469 e. The maximum Gasteiger partial charge on any atom is 0.417 e. The Hall–Kier alpha value is -3.42. The summed E-state index contributed by atoms with van der Waals surface area (Å²) in [5.74, 6) is -0.218. The van der Waals surface area contributed by atoms with Crippen LogP contribution in [0.4, 0.5) is 16.2 Å². The van der Waals surface area contributed by atoms with Crippen molar-refractivity contribution in [1.29, 1.82) is 0 Å². The van der Waals surface area contributed by atoms with E-state index in [1.54, 1.807) is 24.3 Å². The molecular formula is C16H14N2O6. The van der Waals surface area contributed by atoms with Crippen molar-refractivity contribution in [3.05, 3.63) is 64.2 Å². The van der Waals surface area contributed by atoms with Gasteiger partial charge in [-0.25, -0.2) is 4.79 Å². The SMILES string of the molecule is COC(=O)Cc1cccc(NC(=O)Oc2ccc([N+](=O)[O-])cc2)c1. The van der Waals surface area contributed by atoms with Crippen LogP contribution in [-0.2, 0) is 16.0 Å². The number of non-ortho nitro benzene ring substituents is 1. The fraction of sp³-hybridized carbons (Fsp3) is 0.125. The third-order valence-corrected chi connectivity index (χ3v) is 3.01. The monoisotopic (exact) mass is 330 g/mol. The van der Waals surface area contributed by atoms with Gasteiger partial charge in [0.2, 0.25) is 0 Å². The van der Waals surface area contributed by atoms with Crippen LogP contribution in [0.2, 0.25) is 0 Å². The average Bonchev–Trinajstić information content (AvgIpc) is 2.55. The van der Waals surface area contributed by atoms with Gasteiger partial charge in [0, 0.05) is 17.8 Å². The fourth-order valence-electron chi connectivity index (χ4n) is 1.88. The summed E-state index contributed by atoms with van der Waals surface area (Å²) in [6, 6.07) is 11.8. The van der Waals surface area contributed by atoms with Crippen LogP contribution in [0.25, 0.3) is 0 Å². The summed E-state index contributed by atoms with van der Waals surface area (Å²) in [5.41, 5.74) is 1.02. The smallest absolute Gasteiger partial charge is 0.417 e. The van der Waals surface area contributed by atoms with Crippen molar-refractivity contribution >= 4 is 23.4 Å². The van der Waals surface area contributed by atoms with Gasteiger partial charge in [0.15, 0.2) is 0 Å². The Balaban J connectivity index is 1.98. The van der Waals surface area contributed by atoms with Crippen molar-refractivity contribution < 1.29 is 24.0 Å². The summed E-state index contributed by atoms with van der Waals surface area (Å²) in [7, 11) is 1.30. The summed E-state index contributed by atoms with van der Waals surface area (Å²) in [6.07, 6.45) is -0.664. The van der Waals surface area contributed by atoms with Crippen molar-refractivity contribution in [3.8, 4) is 5.75 Å². The quantitative estimate of drug-likeness (QED) is 0.513. The molecule has 0 aliphatic rings. The van der Waals surface area contributed by atoms with Crippen LogP contribution >= 0.6 is 0 Å². The number of anilines is 1. The molecule has 0 bridgehead atoms. The van der Waals surface area contributed by atoms with Gasteiger partial charge in [0.05, 0.1) is 18.5 Å². The molecule has 2 aromatic carbocycles. The van der Waals surface area contributed by atoms with E-state index in [1.807, 2.05) is 0 Å². The first-order valence-corrected chi connectivity index (χ1v) is 6.87. The second-order valence-electron chi connectivity index (χ2n) is 4.72. The Morgan fingerprint density at radius 1 is 1.17 bits per heavy atom. The van der Waals surface area contributed by atoms with Gasteiger partial charge < -0.3 is 9.47 Å². The molecule has 0 saturated heterocycles. The van der Waals surface area contributed by atoms with Crippen LogP contribution in [0.15, 0.2) is 48.5 Å². The minimum atomic E-state index is -0.751. The molecule has 8 heteroatoms. The van der Waals surface area contributed by atoms with E-state index in [4.69, 9.17) is 4.74 Å². The first-order chi connectivity index (χ1) is 11.5. The molecule has 0 aliphatic heterocycles. The zero-order chi connectivity index (χ0) is 17.5. The van der Waals surface area contributed by atoms with Crippen LogP contribution in [0.3, 0.4) is 0 Å². The lowest BCUT2D eigenvalue weighted by Crippen LogP contribution is -2.17. The molecular weight excluding hydrogens is 316 g/mol. The lowest BCUT2D eigenvalue weighted by atomic mass is 10.1. The molecule has 24 heavy (non-hydrogen) atoms. The normalized spacial score (nSPS) is 9.88. The van der Waals surface area contributed by atoms with Gasteiger partial charge in [-0.3, -0.25) is 20.2 Å². The van der Waals surface area contributed by atoms with Gasteiger partial charge in [0.1, 0.15) is 5.75 Å². The molecule has 124 valence electrons. The van der Waals surface area contributed by atoms with E-state index in [2.05, 4.69) is 10.1 Å². The first-order valence-electron chi connectivity index (χ1n) is 6.87. The fourth-order valence-corrected chi connectivity index (χ4v) is 1.88. The van der Waals surface area contributed by atoms with Crippen molar-refractivity contribution in [1.82, 2.24) is 0 Å². The molecule has 0 radical (unpaired) electrons. The largest absolute Gasteiger partial charge is 0.469 e. The number of hydrogen-bond acceptors (Lipinski definition) is 6. The number of carbonyl (C=O) groups excluding carboxylic acids is 2.